The summed E-state index contributed by atoms with van der Waals surface area (Å²) >= 11 is 0. The lowest BCUT2D eigenvalue weighted by Gasteiger charge is -2.47. The predicted octanol–water partition coefficient (Wildman–Crippen LogP) is 6.70. The van der Waals surface area contributed by atoms with E-state index in [9.17, 15) is 0 Å². The van der Waals surface area contributed by atoms with Gasteiger partial charge in [-0.05, 0) is 56.8 Å². The summed E-state index contributed by atoms with van der Waals surface area (Å²) in [6.07, 6.45) is 5.23. The van der Waals surface area contributed by atoms with Crippen LogP contribution in [0, 0.1) is 23.2 Å². The average Bonchev–Trinajstić information content (AvgIpc) is 2.46. The SMILES string of the molecule is CCC(C)C(C)(C)OC(C)C(C)C(CC)(CC)C(C)CC. The molecule has 1 nitrogen and oxygen atoms in total. The largest absolute Gasteiger partial charge is 0.372 e. The molecule has 1 heteroatoms. The van der Waals surface area contributed by atoms with Crippen LogP contribution in [0.15, 0.2) is 0 Å². The molecule has 0 saturated heterocycles. The third-order valence-electron chi connectivity index (χ3n) is 6.81. The first-order valence-corrected chi connectivity index (χ1v) is 9.30. The fraction of sp³-hybridized carbons (Fsp3) is 1.00. The van der Waals surface area contributed by atoms with Gasteiger partial charge in [0.15, 0.2) is 0 Å². The zero-order valence-corrected chi connectivity index (χ0v) is 16.5. The first-order valence-electron chi connectivity index (χ1n) is 9.30. The Hall–Kier alpha value is -0.0400. The van der Waals surface area contributed by atoms with Gasteiger partial charge in [-0.1, -0.05) is 61.3 Å². The van der Waals surface area contributed by atoms with E-state index in [-0.39, 0.29) is 5.60 Å². The second kappa shape index (κ2) is 8.56. The molecule has 0 aliphatic carbocycles. The van der Waals surface area contributed by atoms with Crippen LogP contribution < -0.4 is 0 Å². The van der Waals surface area contributed by atoms with Crippen LogP contribution in [-0.2, 0) is 4.74 Å². The zero-order valence-electron chi connectivity index (χ0n) is 16.5. The van der Waals surface area contributed by atoms with Crippen LogP contribution in [0.4, 0.5) is 0 Å². The van der Waals surface area contributed by atoms with Crippen molar-refractivity contribution in [2.24, 2.45) is 23.2 Å². The van der Waals surface area contributed by atoms with Gasteiger partial charge in [-0.15, -0.1) is 0 Å². The molecule has 4 unspecified atom stereocenters. The summed E-state index contributed by atoms with van der Waals surface area (Å²) in [4.78, 5) is 0. The van der Waals surface area contributed by atoms with E-state index in [0.29, 0.717) is 23.4 Å². The summed E-state index contributed by atoms with van der Waals surface area (Å²) in [6.45, 7) is 23.2. The van der Waals surface area contributed by atoms with E-state index in [4.69, 9.17) is 4.74 Å². The van der Waals surface area contributed by atoms with E-state index in [0.717, 1.165) is 5.92 Å². The Balaban J connectivity index is 5.15. The van der Waals surface area contributed by atoms with Gasteiger partial charge in [0.2, 0.25) is 0 Å². The number of hydrogen-bond donors (Lipinski definition) is 0. The minimum Gasteiger partial charge on any atom is -0.372 e. The van der Waals surface area contributed by atoms with Gasteiger partial charge in [0.1, 0.15) is 0 Å². The third kappa shape index (κ3) is 4.71. The van der Waals surface area contributed by atoms with E-state index in [2.05, 4.69) is 69.2 Å². The molecule has 0 rings (SSSR count). The molecule has 4 atom stereocenters. The standard InChI is InChI=1S/C20H42O/c1-11-15(5)19(9,10)21-18(8)17(7)20(13-3,14-4)16(6)12-2/h15-18H,11-14H2,1-10H3. The van der Waals surface area contributed by atoms with Gasteiger partial charge in [0.25, 0.3) is 0 Å². The van der Waals surface area contributed by atoms with Gasteiger partial charge in [-0.3, -0.25) is 0 Å². The van der Waals surface area contributed by atoms with E-state index < -0.39 is 0 Å². The van der Waals surface area contributed by atoms with E-state index in [1.165, 1.54) is 25.7 Å². The average molecular weight is 299 g/mol. The molecule has 0 amide bonds. The second-order valence-corrected chi connectivity index (χ2v) is 7.77. The number of ether oxygens (including phenoxy) is 1. The minimum absolute atomic E-state index is 0.0366. The normalized spacial score (nSPS) is 19.1. The van der Waals surface area contributed by atoms with Crippen LogP contribution in [0.5, 0.6) is 0 Å². The Morgan fingerprint density at radius 1 is 0.762 bits per heavy atom. The summed E-state index contributed by atoms with van der Waals surface area (Å²) in [6, 6.07) is 0. The van der Waals surface area contributed by atoms with Crippen LogP contribution in [-0.4, -0.2) is 11.7 Å². The summed E-state index contributed by atoms with van der Waals surface area (Å²) in [5.41, 5.74) is 0.366. The van der Waals surface area contributed by atoms with Crippen LogP contribution in [0.2, 0.25) is 0 Å². The van der Waals surface area contributed by atoms with Gasteiger partial charge >= 0.3 is 0 Å². The Morgan fingerprint density at radius 3 is 1.52 bits per heavy atom. The zero-order chi connectivity index (χ0) is 16.8. The van der Waals surface area contributed by atoms with Crippen molar-refractivity contribution in [3.8, 4) is 0 Å². The molecular weight excluding hydrogens is 256 g/mol. The van der Waals surface area contributed by atoms with E-state index >= 15 is 0 Å². The molecule has 0 fully saturated rings. The van der Waals surface area contributed by atoms with E-state index in [1.54, 1.807) is 0 Å². The molecule has 0 bridgehead atoms. The van der Waals surface area contributed by atoms with Crippen LogP contribution in [0.3, 0.4) is 0 Å². The molecule has 0 radical (unpaired) electrons. The molecule has 0 heterocycles. The van der Waals surface area contributed by atoms with Crippen LogP contribution in [0.25, 0.3) is 0 Å². The topological polar surface area (TPSA) is 9.23 Å². The maximum atomic E-state index is 6.56. The molecule has 0 aromatic carbocycles. The van der Waals surface area contributed by atoms with Crippen molar-refractivity contribution < 1.29 is 4.74 Å². The summed E-state index contributed by atoms with van der Waals surface area (Å²) in [5, 5.41) is 0. The monoisotopic (exact) mass is 298 g/mol. The molecule has 21 heavy (non-hydrogen) atoms. The Morgan fingerprint density at radius 2 is 1.19 bits per heavy atom. The maximum Gasteiger partial charge on any atom is 0.0655 e. The molecule has 0 aliphatic heterocycles. The van der Waals surface area contributed by atoms with Crippen molar-refractivity contribution in [3.63, 3.8) is 0 Å². The lowest BCUT2D eigenvalue weighted by molar-refractivity contribution is -0.140. The van der Waals surface area contributed by atoms with Crippen molar-refractivity contribution in [1.29, 1.82) is 0 Å². The lowest BCUT2D eigenvalue weighted by Crippen LogP contribution is -2.45. The van der Waals surface area contributed by atoms with Gasteiger partial charge in [0, 0.05) is 0 Å². The maximum absolute atomic E-state index is 6.56. The smallest absolute Gasteiger partial charge is 0.0655 e. The third-order valence-corrected chi connectivity index (χ3v) is 6.81. The predicted molar refractivity (Wildman–Crippen MR) is 95.7 cm³/mol. The number of hydrogen-bond acceptors (Lipinski definition) is 1. The highest BCUT2D eigenvalue weighted by Crippen LogP contribution is 2.46. The minimum atomic E-state index is -0.0366. The summed E-state index contributed by atoms with van der Waals surface area (Å²) in [5.74, 6) is 1.93. The van der Waals surface area contributed by atoms with Gasteiger partial charge in [-0.2, -0.15) is 0 Å². The summed E-state index contributed by atoms with van der Waals surface area (Å²) in [7, 11) is 0. The second-order valence-electron chi connectivity index (χ2n) is 7.77. The fourth-order valence-corrected chi connectivity index (χ4v) is 4.10. The first kappa shape index (κ1) is 21.0. The Bertz CT molecular complexity index is 278. The van der Waals surface area contributed by atoms with Gasteiger partial charge < -0.3 is 4.74 Å². The molecule has 128 valence electrons. The molecular formula is C20H42O. The van der Waals surface area contributed by atoms with E-state index in [1.807, 2.05) is 0 Å². The lowest BCUT2D eigenvalue weighted by atomic mass is 9.62. The Kier molecular flexibility index (Phi) is 8.54. The van der Waals surface area contributed by atoms with Gasteiger partial charge in [-0.25, -0.2) is 0 Å². The molecule has 0 aromatic rings. The molecule has 0 spiro atoms. The van der Waals surface area contributed by atoms with Crippen molar-refractivity contribution in [2.75, 3.05) is 0 Å². The number of rotatable bonds is 10. The summed E-state index contributed by atoms with van der Waals surface area (Å²) < 4.78 is 6.56. The van der Waals surface area contributed by atoms with Crippen molar-refractivity contribution >= 4 is 0 Å². The quantitative estimate of drug-likeness (QED) is 0.436. The van der Waals surface area contributed by atoms with Crippen LogP contribution in [0.1, 0.15) is 94.9 Å². The van der Waals surface area contributed by atoms with Gasteiger partial charge in [0.05, 0.1) is 11.7 Å². The van der Waals surface area contributed by atoms with Crippen molar-refractivity contribution in [1.82, 2.24) is 0 Å². The molecule has 0 aliphatic rings. The first-order chi connectivity index (χ1) is 9.62. The molecule has 0 N–H and O–H groups in total. The van der Waals surface area contributed by atoms with Crippen molar-refractivity contribution in [2.45, 2.75) is 107 Å². The highest BCUT2D eigenvalue weighted by molar-refractivity contribution is 4.90. The molecule has 0 aromatic heterocycles. The highest BCUT2D eigenvalue weighted by Gasteiger charge is 2.41. The van der Waals surface area contributed by atoms with Crippen molar-refractivity contribution in [3.05, 3.63) is 0 Å². The van der Waals surface area contributed by atoms with Crippen LogP contribution >= 0.6 is 0 Å². The highest BCUT2D eigenvalue weighted by atomic mass is 16.5. The fourth-order valence-electron chi connectivity index (χ4n) is 4.10. The Labute approximate surface area is 135 Å². The molecule has 0 saturated carbocycles.